The van der Waals surface area contributed by atoms with Crippen LogP contribution in [0.2, 0.25) is 0 Å². The summed E-state index contributed by atoms with van der Waals surface area (Å²) in [7, 11) is 0. The van der Waals surface area contributed by atoms with Gasteiger partial charge < -0.3 is 0 Å². The number of hydrogen-bond donors (Lipinski definition) is 2. The fourth-order valence-corrected chi connectivity index (χ4v) is 2.83. The molecule has 114 valence electrons. The summed E-state index contributed by atoms with van der Waals surface area (Å²) in [5.41, 5.74) is 8.54. The third kappa shape index (κ3) is 3.40. The zero-order valence-electron chi connectivity index (χ0n) is 13.6. The molecule has 5 heteroatoms. The number of allylic oxidation sites excluding steroid dienone is 2. The topological polar surface area (TPSA) is 66.9 Å². The van der Waals surface area contributed by atoms with Crippen LogP contribution in [0.4, 0.5) is 5.95 Å². The monoisotopic (exact) mass is 288 g/mol. The van der Waals surface area contributed by atoms with Crippen molar-refractivity contribution in [3.63, 3.8) is 0 Å². The fourth-order valence-electron chi connectivity index (χ4n) is 2.83. The molecule has 5 nitrogen and oxygen atoms in total. The van der Waals surface area contributed by atoms with Crippen molar-refractivity contribution < 1.29 is 4.79 Å². The van der Waals surface area contributed by atoms with Crippen molar-refractivity contribution in [3.05, 3.63) is 29.1 Å². The molecule has 0 spiro atoms. The van der Waals surface area contributed by atoms with Gasteiger partial charge in [-0.05, 0) is 45.1 Å². The van der Waals surface area contributed by atoms with E-state index in [0.29, 0.717) is 11.9 Å². The lowest BCUT2D eigenvalue weighted by Crippen LogP contribution is -2.33. The van der Waals surface area contributed by atoms with E-state index in [1.807, 2.05) is 19.9 Å². The smallest absolute Gasteiger partial charge is 0.242 e. The Balaban J connectivity index is 1.98. The summed E-state index contributed by atoms with van der Waals surface area (Å²) in [5, 5.41) is 0. The second kappa shape index (κ2) is 5.47. The maximum absolute atomic E-state index is 12.3. The molecule has 1 amide bonds. The van der Waals surface area contributed by atoms with Crippen LogP contribution < -0.4 is 10.9 Å². The molecule has 0 unspecified atom stereocenters. The average Bonchev–Trinajstić information content (AvgIpc) is 2.85. The van der Waals surface area contributed by atoms with Gasteiger partial charge in [-0.15, -0.1) is 0 Å². The number of aryl methyl sites for hydroxylation is 2. The summed E-state index contributed by atoms with van der Waals surface area (Å²) in [6, 6.07) is 1.89. The van der Waals surface area contributed by atoms with Gasteiger partial charge in [0.25, 0.3) is 0 Å². The molecule has 2 rings (SSSR count). The van der Waals surface area contributed by atoms with Gasteiger partial charge in [-0.25, -0.2) is 9.97 Å². The first kappa shape index (κ1) is 15.5. The molecular weight excluding hydrogens is 264 g/mol. The van der Waals surface area contributed by atoms with E-state index < -0.39 is 0 Å². The van der Waals surface area contributed by atoms with Crippen molar-refractivity contribution >= 4 is 11.9 Å². The molecule has 2 N–H and O–H groups in total. The van der Waals surface area contributed by atoms with Crippen LogP contribution in [0.3, 0.4) is 0 Å². The molecule has 21 heavy (non-hydrogen) atoms. The zero-order valence-corrected chi connectivity index (χ0v) is 13.6. The molecule has 2 atom stereocenters. The van der Waals surface area contributed by atoms with Crippen molar-refractivity contribution in [2.45, 2.75) is 41.5 Å². The highest BCUT2D eigenvalue weighted by Crippen LogP contribution is 2.59. The molecule has 0 aromatic carbocycles. The number of carbonyl (C=O) groups is 1. The van der Waals surface area contributed by atoms with Gasteiger partial charge in [0.1, 0.15) is 0 Å². The quantitative estimate of drug-likeness (QED) is 0.660. The van der Waals surface area contributed by atoms with Crippen molar-refractivity contribution in [1.82, 2.24) is 15.4 Å². The van der Waals surface area contributed by atoms with Crippen LogP contribution in [0, 0.1) is 31.1 Å². The summed E-state index contributed by atoms with van der Waals surface area (Å²) in [6.07, 6.45) is 2.18. The minimum absolute atomic E-state index is 0.00636. The summed E-state index contributed by atoms with van der Waals surface area (Å²) in [5.74, 6) is 0.707. The Bertz CT molecular complexity index is 568. The molecule has 0 radical (unpaired) electrons. The Morgan fingerprint density at radius 1 is 1.24 bits per heavy atom. The standard InChI is InChI=1S/C16H24N4O/c1-9(2)7-12-13(16(12,5)6)14(21)19-20-15-17-10(3)8-11(4)18-15/h7-8,12-13H,1-6H3,(H,19,21)(H,17,18,20)/t12-,13-/m1/s1. The molecular formula is C16H24N4O. The number of carbonyl (C=O) groups excluding carboxylic acids is 1. The summed E-state index contributed by atoms with van der Waals surface area (Å²) < 4.78 is 0. The third-order valence-electron chi connectivity index (χ3n) is 3.99. The van der Waals surface area contributed by atoms with Crippen molar-refractivity contribution in [2.75, 3.05) is 5.43 Å². The van der Waals surface area contributed by atoms with Gasteiger partial charge in [0.15, 0.2) is 0 Å². The van der Waals surface area contributed by atoms with E-state index >= 15 is 0 Å². The minimum atomic E-state index is -0.00902. The maximum Gasteiger partial charge on any atom is 0.242 e. The largest absolute Gasteiger partial charge is 0.273 e. The molecule has 0 saturated heterocycles. The lowest BCUT2D eigenvalue weighted by atomic mass is 10.1. The van der Waals surface area contributed by atoms with Crippen LogP contribution in [0.5, 0.6) is 0 Å². The van der Waals surface area contributed by atoms with E-state index in [1.54, 1.807) is 0 Å². The molecule has 1 aromatic heterocycles. The number of nitrogens with one attached hydrogen (secondary N) is 2. The van der Waals surface area contributed by atoms with E-state index in [4.69, 9.17) is 0 Å². The Labute approximate surface area is 126 Å². The predicted molar refractivity (Wildman–Crippen MR) is 83.5 cm³/mol. The first-order chi connectivity index (χ1) is 9.71. The maximum atomic E-state index is 12.3. The number of anilines is 1. The van der Waals surface area contributed by atoms with Crippen molar-refractivity contribution in [3.8, 4) is 0 Å². The first-order valence-electron chi connectivity index (χ1n) is 7.25. The van der Waals surface area contributed by atoms with E-state index in [9.17, 15) is 4.79 Å². The van der Waals surface area contributed by atoms with Gasteiger partial charge in [-0.2, -0.15) is 0 Å². The highest BCUT2D eigenvalue weighted by Gasteiger charge is 2.60. The Morgan fingerprint density at radius 3 is 2.33 bits per heavy atom. The summed E-state index contributed by atoms with van der Waals surface area (Å²) in [6.45, 7) is 12.2. The number of amides is 1. The minimum Gasteiger partial charge on any atom is -0.273 e. The third-order valence-corrected chi connectivity index (χ3v) is 3.99. The highest BCUT2D eigenvalue weighted by molar-refractivity contribution is 5.84. The van der Waals surface area contributed by atoms with Crippen molar-refractivity contribution in [1.29, 1.82) is 0 Å². The predicted octanol–water partition coefficient (Wildman–Crippen LogP) is 2.77. The second-order valence-corrected chi connectivity index (χ2v) is 6.66. The number of aromatic nitrogens is 2. The Hall–Kier alpha value is -1.91. The lowest BCUT2D eigenvalue weighted by molar-refractivity contribution is -0.122. The van der Waals surface area contributed by atoms with Gasteiger partial charge in [0.05, 0.1) is 5.92 Å². The number of hydrogen-bond acceptors (Lipinski definition) is 4. The number of rotatable bonds is 4. The van der Waals surface area contributed by atoms with Gasteiger partial charge in [0, 0.05) is 11.4 Å². The molecule has 0 aliphatic heterocycles. The Kier molecular flexibility index (Phi) is 4.03. The van der Waals surface area contributed by atoms with Crippen LogP contribution in [-0.4, -0.2) is 15.9 Å². The second-order valence-electron chi connectivity index (χ2n) is 6.66. The normalized spacial score (nSPS) is 22.4. The average molecular weight is 288 g/mol. The lowest BCUT2D eigenvalue weighted by Gasteiger charge is -2.08. The van der Waals surface area contributed by atoms with Crippen LogP contribution in [0.1, 0.15) is 39.1 Å². The number of hydrazine groups is 1. The van der Waals surface area contributed by atoms with E-state index in [1.165, 1.54) is 5.57 Å². The van der Waals surface area contributed by atoms with Crippen molar-refractivity contribution in [2.24, 2.45) is 17.3 Å². The molecule has 1 fully saturated rings. The van der Waals surface area contributed by atoms with Gasteiger partial charge in [-0.1, -0.05) is 25.5 Å². The summed E-state index contributed by atoms with van der Waals surface area (Å²) in [4.78, 5) is 20.8. The molecule has 1 heterocycles. The SMILES string of the molecule is CC(C)=C[C@@H]1[C@H](C(=O)NNc2nc(C)cc(C)n2)C1(C)C. The van der Waals surface area contributed by atoms with Gasteiger partial charge in [0.2, 0.25) is 11.9 Å². The van der Waals surface area contributed by atoms with E-state index in [0.717, 1.165) is 11.4 Å². The molecule has 1 aliphatic rings. The van der Waals surface area contributed by atoms with Gasteiger partial charge >= 0.3 is 0 Å². The van der Waals surface area contributed by atoms with Gasteiger partial charge in [-0.3, -0.25) is 15.6 Å². The van der Waals surface area contributed by atoms with E-state index in [2.05, 4.69) is 54.6 Å². The van der Waals surface area contributed by atoms with E-state index in [-0.39, 0.29) is 17.2 Å². The van der Waals surface area contributed by atoms with Crippen LogP contribution in [-0.2, 0) is 4.79 Å². The van der Waals surface area contributed by atoms with Crippen LogP contribution in [0.25, 0.3) is 0 Å². The first-order valence-corrected chi connectivity index (χ1v) is 7.25. The number of nitrogens with zero attached hydrogens (tertiary/aromatic N) is 2. The Morgan fingerprint density at radius 2 is 1.81 bits per heavy atom. The molecule has 1 aromatic rings. The molecule has 1 aliphatic carbocycles. The fraction of sp³-hybridized carbons (Fsp3) is 0.562. The summed E-state index contributed by atoms with van der Waals surface area (Å²) >= 11 is 0. The van der Waals surface area contributed by atoms with Crippen LogP contribution >= 0.6 is 0 Å². The zero-order chi connectivity index (χ0) is 15.8. The molecule has 0 bridgehead atoms. The highest BCUT2D eigenvalue weighted by atomic mass is 16.2. The van der Waals surface area contributed by atoms with Crippen LogP contribution in [0.15, 0.2) is 17.7 Å². The molecule has 1 saturated carbocycles.